The van der Waals surface area contributed by atoms with Crippen LogP contribution in [0.1, 0.15) is 38.3 Å². The fourth-order valence-corrected chi connectivity index (χ4v) is 3.45. The molecule has 0 saturated heterocycles. The number of rotatable bonds is 6. The summed E-state index contributed by atoms with van der Waals surface area (Å²) in [6.07, 6.45) is 0. The molecule has 0 saturated carbocycles. The Morgan fingerprint density at radius 1 is 0.970 bits per heavy atom. The van der Waals surface area contributed by atoms with Gasteiger partial charge in [0.2, 0.25) is 5.96 Å². The molecule has 2 aromatic heterocycles. The average molecular weight is 447 g/mol. The van der Waals surface area contributed by atoms with E-state index >= 15 is 0 Å². The fraction of sp³-hybridized carbons (Fsp3) is 0.0909. The highest BCUT2D eigenvalue weighted by Gasteiger charge is 2.17. The molecule has 2 amide bonds. The van der Waals surface area contributed by atoms with E-state index in [-0.39, 0.29) is 29.7 Å². The van der Waals surface area contributed by atoms with Gasteiger partial charge in [-0.05, 0) is 55.5 Å². The quantitative estimate of drug-likeness (QED) is 0.150. The van der Waals surface area contributed by atoms with Crippen molar-refractivity contribution in [2.75, 3.05) is 11.9 Å². The van der Waals surface area contributed by atoms with Crippen LogP contribution in [0.15, 0.2) is 53.6 Å². The van der Waals surface area contributed by atoms with Gasteiger partial charge in [-0.1, -0.05) is 0 Å². The van der Waals surface area contributed by atoms with Crippen LogP contribution in [0, 0.1) is 0 Å². The van der Waals surface area contributed by atoms with Crippen molar-refractivity contribution in [3.05, 3.63) is 65.5 Å². The van der Waals surface area contributed by atoms with Crippen LogP contribution >= 0.6 is 0 Å². The molecule has 0 aliphatic rings. The summed E-state index contributed by atoms with van der Waals surface area (Å²) in [7, 11) is 0. The highest BCUT2D eigenvalue weighted by molar-refractivity contribution is 6.07. The summed E-state index contributed by atoms with van der Waals surface area (Å²) >= 11 is 0. The SMILES string of the molecule is CCN(N=C(N)N)C(=O)c1cc2cc(NC(=O)c3cc4cc(C(=O)O)ccc4[nH]3)ccc2[nH]1. The lowest BCUT2D eigenvalue weighted by molar-refractivity contribution is 0.0695. The third kappa shape index (κ3) is 4.32. The van der Waals surface area contributed by atoms with E-state index in [0.29, 0.717) is 33.2 Å². The second kappa shape index (κ2) is 8.38. The molecule has 8 N–H and O–H groups in total. The van der Waals surface area contributed by atoms with E-state index < -0.39 is 11.9 Å². The molecule has 0 fully saturated rings. The summed E-state index contributed by atoms with van der Waals surface area (Å²) in [6.45, 7) is 2.03. The maximum absolute atomic E-state index is 12.7. The van der Waals surface area contributed by atoms with E-state index in [9.17, 15) is 14.4 Å². The first kappa shape index (κ1) is 21.4. The van der Waals surface area contributed by atoms with Crippen molar-refractivity contribution in [1.82, 2.24) is 15.0 Å². The largest absolute Gasteiger partial charge is 0.478 e. The number of nitrogens with two attached hydrogens (primary N) is 2. The summed E-state index contributed by atoms with van der Waals surface area (Å²) < 4.78 is 0. The fourth-order valence-electron chi connectivity index (χ4n) is 3.45. The number of fused-ring (bicyclic) bond motifs is 2. The topological polar surface area (TPSA) is 183 Å². The van der Waals surface area contributed by atoms with Gasteiger partial charge in [0.1, 0.15) is 11.4 Å². The average Bonchev–Trinajstić information content (AvgIpc) is 3.40. The van der Waals surface area contributed by atoms with Crippen LogP contribution in [-0.2, 0) is 0 Å². The van der Waals surface area contributed by atoms with Crippen LogP contribution in [0.2, 0.25) is 0 Å². The molecule has 0 aliphatic carbocycles. The molecule has 0 spiro atoms. The number of carbonyl (C=O) groups is 3. The van der Waals surface area contributed by atoms with Gasteiger partial charge >= 0.3 is 5.97 Å². The zero-order chi connectivity index (χ0) is 23.7. The summed E-state index contributed by atoms with van der Waals surface area (Å²) in [5.41, 5.74) is 13.3. The smallest absolute Gasteiger partial charge is 0.335 e. The molecule has 2 aromatic carbocycles. The molecule has 2 heterocycles. The number of nitrogens with zero attached hydrogens (tertiary/aromatic N) is 2. The molecule has 0 atom stereocenters. The van der Waals surface area contributed by atoms with E-state index in [4.69, 9.17) is 16.6 Å². The van der Waals surface area contributed by atoms with Gasteiger partial charge in [0.15, 0.2) is 0 Å². The Balaban J connectivity index is 1.56. The predicted octanol–water partition coefficient (Wildman–Crippen LogP) is 2.25. The predicted molar refractivity (Wildman–Crippen MR) is 124 cm³/mol. The van der Waals surface area contributed by atoms with Gasteiger partial charge in [0.25, 0.3) is 11.8 Å². The number of benzene rings is 2. The number of aromatic nitrogens is 2. The number of H-pyrrole nitrogens is 2. The molecule has 0 unspecified atom stereocenters. The molecule has 4 rings (SSSR count). The monoisotopic (exact) mass is 447 g/mol. The highest BCUT2D eigenvalue weighted by Crippen LogP contribution is 2.23. The number of aromatic amines is 2. The van der Waals surface area contributed by atoms with Crippen molar-refractivity contribution in [3.63, 3.8) is 0 Å². The number of aromatic carboxylic acids is 1. The van der Waals surface area contributed by atoms with E-state index in [1.807, 2.05) is 0 Å². The number of carbonyl (C=O) groups excluding carboxylic acids is 2. The van der Waals surface area contributed by atoms with Crippen LogP contribution in [0.4, 0.5) is 5.69 Å². The van der Waals surface area contributed by atoms with Crippen molar-refractivity contribution in [2.24, 2.45) is 16.6 Å². The van der Waals surface area contributed by atoms with Crippen LogP contribution in [0.5, 0.6) is 0 Å². The molecule has 11 nitrogen and oxygen atoms in total. The first-order chi connectivity index (χ1) is 15.7. The second-order valence-electron chi connectivity index (χ2n) is 7.28. The Morgan fingerprint density at radius 3 is 2.27 bits per heavy atom. The van der Waals surface area contributed by atoms with Gasteiger partial charge in [-0.3, -0.25) is 9.59 Å². The molecule has 33 heavy (non-hydrogen) atoms. The summed E-state index contributed by atoms with van der Waals surface area (Å²) in [4.78, 5) is 42.5. The Labute approximate surface area is 187 Å². The Morgan fingerprint density at radius 2 is 1.61 bits per heavy atom. The Hall–Kier alpha value is -4.80. The summed E-state index contributed by atoms with van der Waals surface area (Å²) in [5.74, 6) is -2.05. The van der Waals surface area contributed by atoms with Crippen molar-refractivity contribution >= 4 is 51.2 Å². The molecule has 0 bridgehead atoms. The molecule has 4 aromatic rings. The van der Waals surface area contributed by atoms with E-state index in [0.717, 1.165) is 5.01 Å². The maximum atomic E-state index is 12.7. The number of hydrogen-bond donors (Lipinski definition) is 6. The number of nitrogens with one attached hydrogen (secondary N) is 3. The third-order valence-corrected chi connectivity index (χ3v) is 4.99. The first-order valence-electron chi connectivity index (χ1n) is 9.96. The van der Waals surface area contributed by atoms with Gasteiger partial charge in [-0.15, -0.1) is 5.10 Å². The number of anilines is 1. The molecule has 11 heteroatoms. The number of guanidine groups is 1. The minimum absolute atomic E-state index is 0.137. The number of carboxylic acids is 1. The third-order valence-electron chi connectivity index (χ3n) is 4.99. The molecule has 0 radical (unpaired) electrons. The van der Waals surface area contributed by atoms with E-state index in [2.05, 4.69) is 20.4 Å². The molecular formula is C22H21N7O4. The van der Waals surface area contributed by atoms with Gasteiger partial charge in [-0.2, -0.15) is 0 Å². The number of hydrazone groups is 1. The zero-order valence-corrected chi connectivity index (χ0v) is 17.5. The molecular weight excluding hydrogens is 426 g/mol. The molecule has 168 valence electrons. The van der Waals surface area contributed by atoms with Crippen molar-refractivity contribution in [2.45, 2.75) is 6.92 Å². The summed E-state index contributed by atoms with van der Waals surface area (Å²) in [6, 6.07) is 13.0. The first-order valence-corrected chi connectivity index (χ1v) is 9.96. The minimum Gasteiger partial charge on any atom is -0.478 e. The lowest BCUT2D eigenvalue weighted by Crippen LogP contribution is -2.32. The van der Waals surface area contributed by atoms with Crippen molar-refractivity contribution in [1.29, 1.82) is 0 Å². The number of amides is 2. The minimum atomic E-state index is -1.04. The van der Waals surface area contributed by atoms with Gasteiger partial charge in [0, 0.05) is 34.0 Å². The van der Waals surface area contributed by atoms with Gasteiger partial charge in [-0.25, -0.2) is 9.80 Å². The van der Waals surface area contributed by atoms with Crippen molar-refractivity contribution < 1.29 is 19.5 Å². The van der Waals surface area contributed by atoms with E-state index in [1.54, 1.807) is 43.3 Å². The summed E-state index contributed by atoms with van der Waals surface area (Å²) in [5, 5.41) is 18.2. The lowest BCUT2D eigenvalue weighted by Gasteiger charge is -2.13. The Kier molecular flexibility index (Phi) is 5.44. The van der Waals surface area contributed by atoms with Gasteiger partial charge in [0.05, 0.1) is 5.56 Å². The Bertz CT molecular complexity index is 1430. The van der Waals surface area contributed by atoms with Crippen LogP contribution in [-0.4, -0.2) is 50.4 Å². The molecule has 0 aliphatic heterocycles. The van der Waals surface area contributed by atoms with Gasteiger partial charge < -0.3 is 31.9 Å². The second-order valence-corrected chi connectivity index (χ2v) is 7.28. The number of carboxylic acid groups (broad SMARTS) is 1. The van der Waals surface area contributed by atoms with Crippen molar-refractivity contribution in [3.8, 4) is 0 Å². The maximum Gasteiger partial charge on any atom is 0.335 e. The van der Waals surface area contributed by atoms with Crippen LogP contribution in [0.3, 0.4) is 0 Å². The van der Waals surface area contributed by atoms with Crippen LogP contribution in [0.25, 0.3) is 21.8 Å². The zero-order valence-electron chi connectivity index (χ0n) is 17.5. The van der Waals surface area contributed by atoms with E-state index in [1.165, 1.54) is 12.1 Å². The number of hydrogen-bond acceptors (Lipinski definition) is 4. The standard InChI is InChI=1S/C22H21N7O4/c1-2-29(28-22(23)24)20(31)18-10-13-8-14(4-6-16(13)27-18)25-19(30)17-9-12-7-11(21(32)33)3-5-15(12)26-17/h3-10,26-27H,2H2,1H3,(H,25,30)(H,32,33)(H4,23,24,28). The van der Waals surface area contributed by atoms with Crippen LogP contribution < -0.4 is 16.8 Å². The lowest BCUT2D eigenvalue weighted by atomic mass is 10.1. The highest BCUT2D eigenvalue weighted by atomic mass is 16.4. The normalized spacial score (nSPS) is 10.8.